The maximum absolute atomic E-state index is 4.47. The summed E-state index contributed by atoms with van der Waals surface area (Å²) in [5.74, 6) is 2.29. The Morgan fingerprint density at radius 1 is 1.37 bits per heavy atom. The van der Waals surface area contributed by atoms with Crippen LogP contribution in [0, 0.1) is 5.92 Å². The molecule has 0 aliphatic carbocycles. The molecule has 0 spiro atoms. The van der Waals surface area contributed by atoms with Crippen LogP contribution in [0.3, 0.4) is 0 Å². The largest absolute Gasteiger partial charge is 0.369 e. The molecule has 2 N–H and O–H groups in total. The highest BCUT2D eigenvalue weighted by molar-refractivity contribution is 9.10. The Morgan fingerprint density at radius 3 is 2.79 bits per heavy atom. The number of rotatable bonds is 5. The molecule has 2 rings (SSSR count). The van der Waals surface area contributed by atoms with Crippen molar-refractivity contribution >= 4 is 27.7 Å². The molecule has 2 heterocycles. The third-order valence-electron chi connectivity index (χ3n) is 3.48. The van der Waals surface area contributed by atoms with E-state index in [2.05, 4.69) is 48.5 Å². The lowest BCUT2D eigenvalue weighted by Crippen LogP contribution is -2.33. The number of halogens is 1. The second kappa shape index (κ2) is 7.05. The average Bonchev–Trinajstić information content (AvgIpc) is 2.41. The predicted molar refractivity (Wildman–Crippen MR) is 82.6 cm³/mol. The van der Waals surface area contributed by atoms with Crippen molar-refractivity contribution in [3.63, 3.8) is 0 Å². The molecule has 0 radical (unpaired) electrons. The minimum absolute atomic E-state index is 0.677. The Balaban J connectivity index is 1.89. The van der Waals surface area contributed by atoms with E-state index in [1.165, 1.54) is 25.9 Å². The van der Waals surface area contributed by atoms with E-state index >= 15 is 0 Å². The van der Waals surface area contributed by atoms with Crippen molar-refractivity contribution in [2.45, 2.75) is 19.8 Å². The Hall–Kier alpha value is -0.880. The molecule has 0 amide bonds. The number of nitrogens with one attached hydrogen (secondary N) is 2. The Bertz CT molecular complexity index is 404. The molecule has 6 heteroatoms. The van der Waals surface area contributed by atoms with Crippen LogP contribution < -0.4 is 10.6 Å². The molecule has 1 aliphatic rings. The van der Waals surface area contributed by atoms with Crippen LogP contribution in [0.5, 0.6) is 0 Å². The number of hydrogen-bond donors (Lipinski definition) is 2. The molecule has 19 heavy (non-hydrogen) atoms. The van der Waals surface area contributed by atoms with Crippen LogP contribution in [-0.4, -0.2) is 48.1 Å². The van der Waals surface area contributed by atoms with Crippen LogP contribution in [0.1, 0.15) is 19.8 Å². The lowest BCUT2D eigenvalue weighted by molar-refractivity contribution is 0.226. The van der Waals surface area contributed by atoms with E-state index in [1.54, 1.807) is 6.20 Å². The molecule has 106 valence electrons. The molecular formula is C13H22BrN5. The van der Waals surface area contributed by atoms with E-state index in [0.29, 0.717) is 5.95 Å². The van der Waals surface area contributed by atoms with Gasteiger partial charge < -0.3 is 15.5 Å². The third kappa shape index (κ3) is 4.31. The fourth-order valence-electron chi connectivity index (χ4n) is 2.24. The summed E-state index contributed by atoms with van der Waals surface area (Å²) >= 11 is 3.49. The monoisotopic (exact) mass is 327 g/mol. The predicted octanol–water partition coefficient (Wildman–Crippen LogP) is 2.42. The molecule has 0 atom stereocenters. The van der Waals surface area contributed by atoms with Crippen LogP contribution >= 0.6 is 15.9 Å². The molecule has 1 fully saturated rings. The minimum Gasteiger partial charge on any atom is -0.369 e. The maximum Gasteiger partial charge on any atom is 0.224 e. The molecule has 0 bridgehead atoms. The zero-order valence-electron chi connectivity index (χ0n) is 11.6. The van der Waals surface area contributed by atoms with Gasteiger partial charge >= 0.3 is 0 Å². The molecular weight excluding hydrogens is 306 g/mol. The standard InChI is InChI=1S/C13H22BrN5/c1-3-15-13-17-9-11(14)12(18-13)16-8-10-4-6-19(2)7-5-10/h9-10H,3-8H2,1-2H3,(H2,15,16,17,18). The molecule has 1 aromatic rings. The van der Waals surface area contributed by atoms with Crippen molar-refractivity contribution in [2.75, 3.05) is 43.9 Å². The van der Waals surface area contributed by atoms with Crippen LogP contribution in [0.4, 0.5) is 11.8 Å². The SMILES string of the molecule is CCNc1ncc(Br)c(NCC2CCN(C)CC2)n1. The second-order valence-corrected chi connectivity index (χ2v) is 5.90. The minimum atomic E-state index is 0.677. The Morgan fingerprint density at radius 2 is 2.11 bits per heavy atom. The van der Waals surface area contributed by atoms with Gasteiger partial charge in [-0.15, -0.1) is 0 Å². The average molecular weight is 328 g/mol. The van der Waals surface area contributed by atoms with E-state index in [1.807, 2.05) is 6.92 Å². The van der Waals surface area contributed by atoms with E-state index in [-0.39, 0.29) is 0 Å². The van der Waals surface area contributed by atoms with Gasteiger partial charge in [-0.2, -0.15) is 4.98 Å². The highest BCUT2D eigenvalue weighted by Gasteiger charge is 2.17. The summed E-state index contributed by atoms with van der Waals surface area (Å²) in [7, 11) is 2.19. The van der Waals surface area contributed by atoms with Crippen LogP contribution in [0.2, 0.25) is 0 Å². The zero-order valence-corrected chi connectivity index (χ0v) is 13.2. The molecule has 0 saturated carbocycles. The summed E-state index contributed by atoms with van der Waals surface area (Å²) in [6.07, 6.45) is 4.31. The van der Waals surface area contributed by atoms with E-state index in [4.69, 9.17) is 0 Å². The topological polar surface area (TPSA) is 53.1 Å². The van der Waals surface area contributed by atoms with E-state index in [9.17, 15) is 0 Å². The van der Waals surface area contributed by atoms with E-state index in [0.717, 1.165) is 29.3 Å². The van der Waals surface area contributed by atoms with Crippen molar-refractivity contribution in [3.05, 3.63) is 10.7 Å². The molecule has 0 aromatic carbocycles. The second-order valence-electron chi connectivity index (χ2n) is 5.05. The van der Waals surface area contributed by atoms with Gasteiger partial charge in [0.25, 0.3) is 0 Å². The fraction of sp³-hybridized carbons (Fsp3) is 0.692. The van der Waals surface area contributed by atoms with Crippen LogP contribution in [0.15, 0.2) is 10.7 Å². The van der Waals surface area contributed by atoms with Gasteiger partial charge in [-0.05, 0) is 61.8 Å². The fourth-order valence-corrected chi connectivity index (χ4v) is 2.57. The normalized spacial score (nSPS) is 17.4. The van der Waals surface area contributed by atoms with E-state index < -0.39 is 0 Å². The summed E-state index contributed by atoms with van der Waals surface area (Å²) < 4.78 is 0.919. The molecule has 1 aliphatic heterocycles. The number of nitrogens with zero attached hydrogens (tertiary/aromatic N) is 3. The van der Waals surface area contributed by atoms with Crippen LogP contribution in [-0.2, 0) is 0 Å². The number of likely N-dealkylation sites (tertiary alicyclic amines) is 1. The van der Waals surface area contributed by atoms with Gasteiger partial charge in [0.15, 0.2) is 0 Å². The van der Waals surface area contributed by atoms with Gasteiger partial charge in [-0.3, -0.25) is 0 Å². The Kier molecular flexibility index (Phi) is 5.39. The molecule has 1 aromatic heterocycles. The van der Waals surface area contributed by atoms with Gasteiger partial charge in [-0.25, -0.2) is 4.98 Å². The van der Waals surface area contributed by atoms with Gasteiger partial charge in [0.2, 0.25) is 5.95 Å². The zero-order chi connectivity index (χ0) is 13.7. The number of hydrogen-bond acceptors (Lipinski definition) is 5. The maximum atomic E-state index is 4.47. The van der Waals surface area contributed by atoms with Gasteiger partial charge in [0.1, 0.15) is 5.82 Å². The summed E-state index contributed by atoms with van der Waals surface area (Å²) in [5.41, 5.74) is 0. The van der Waals surface area contributed by atoms with Crippen molar-refractivity contribution < 1.29 is 0 Å². The lowest BCUT2D eigenvalue weighted by atomic mass is 9.97. The molecule has 5 nitrogen and oxygen atoms in total. The summed E-state index contributed by atoms with van der Waals surface area (Å²) in [6.45, 7) is 6.24. The van der Waals surface area contributed by atoms with Crippen LogP contribution in [0.25, 0.3) is 0 Å². The first-order chi connectivity index (χ1) is 9.19. The van der Waals surface area contributed by atoms with Gasteiger partial charge in [0.05, 0.1) is 4.47 Å². The first kappa shape index (κ1) is 14.5. The third-order valence-corrected chi connectivity index (χ3v) is 4.06. The smallest absolute Gasteiger partial charge is 0.224 e. The number of piperidine rings is 1. The first-order valence-electron chi connectivity index (χ1n) is 6.88. The molecule has 0 unspecified atom stereocenters. The summed E-state index contributed by atoms with van der Waals surface area (Å²) in [4.78, 5) is 11.1. The Labute approximate surface area is 123 Å². The van der Waals surface area contributed by atoms with Crippen molar-refractivity contribution in [1.29, 1.82) is 0 Å². The highest BCUT2D eigenvalue weighted by Crippen LogP contribution is 2.22. The first-order valence-corrected chi connectivity index (χ1v) is 7.67. The number of anilines is 2. The van der Waals surface area contributed by atoms with Gasteiger partial charge in [-0.1, -0.05) is 0 Å². The molecule has 1 saturated heterocycles. The van der Waals surface area contributed by atoms with Crippen molar-refractivity contribution in [1.82, 2.24) is 14.9 Å². The highest BCUT2D eigenvalue weighted by atomic mass is 79.9. The summed E-state index contributed by atoms with van der Waals surface area (Å²) in [5, 5.41) is 6.57. The van der Waals surface area contributed by atoms with Crippen molar-refractivity contribution in [2.24, 2.45) is 5.92 Å². The summed E-state index contributed by atoms with van der Waals surface area (Å²) in [6, 6.07) is 0. The quantitative estimate of drug-likeness (QED) is 0.869. The van der Waals surface area contributed by atoms with Gasteiger partial charge in [0, 0.05) is 19.3 Å². The number of aromatic nitrogens is 2. The van der Waals surface area contributed by atoms with Crippen molar-refractivity contribution in [3.8, 4) is 0 Å². The lowest BCUT2D eigenvalue weighted by Gasteiger charge is -2.29.